The lowest BCUT2D eigenvalue weighted by molar-refractivity contribution is -0.137. The van der Waals surface area contributed by atoms with E-state index >= 15 is 0 Å². The lowest BCUT2D eigenvalue weighted by Crippen LogP contribution is -2.07. The summed E-state index contributed by atoms with van der Waals surface area (Å²) in [7, 11) is 0. The third-order valence-electron chi connectivity index (χ3n) is 4.84. The Morgan fingerprint density at radius 2 is 1.97 bits per heavy atom. The molecule has 7 nitrogen and oxygen atoms in total. The van der Waals surface area contributed by atoms with E-state index in [9.17, 15) is 14.7 Å². The van der Waals surface area contributed by atoms with Crippen molar-refractivity contribution in [3.8, 4) is 11.4 Å². The number of aliphatic carboxylic acids is 2. The van der Waals surface area contributed by atoms with E-state index in [0.717, 1.165) is 35.7 Å². The van der Waals surface area contributed by atoms with Crippen LogP contribution in [0.5, 0.6) is 5.75 Å². The number of hydrogen-bond donors (Lipinski definition) is 2. The second kappa shape index (κ2) is 11.3. The number of aromatic nitrogens is 2. The van der Waals surface area contributed by atoms with Gasteiger partial charge in [-0.3, -0.25) is 9.36 Å². The van der Waals surface area contributed by atoms with Gasteiger partial charge in [-0.15, -0.1) is 11.3 Å². The normalized spacial score (nSPS) is 11.5. The first-order valence-electron chi connectivity index (χ1n) is 10.5. The molecule has 3 aromatic rings. The van der Waals surface area contributed by atoms with E-state index < -0.39 is 11.9 Å². The molecule has 0 aliphatic carbocycles. The molecule has 0 fully saturated rings. The molecule has 2 heterocycles. The van der Waals surface area contributed by atoms with Crippen molar-refractivity contribution in [3.05, 3.63) is 69.9 Å². The molecule has 3 rings (SSSR count). The monoisotopic (exact) mass is 454 g/mol. The molecule has 0 bridgehead atoms. The van der Waals surface area contributed by atoms with Gasteiger partial charge in [0.05, 0.1) is 24.9 Å². The number of unbranched alkanes of at least 4 members (excludes halogenated alkanes) is 1. The Balaban J connectivity index is 1.92. The third kappa shape index (κ3) is 6.31. The van der Waals surface area contributed by atoms with E-state index in [1.807, 2.05) is 34.2 Å². The van der Waals surface area contributed by atoms with Crippen LogP contribution in [-0.2, 0) is 22.4 Å². The predicted molar refractivity (Wildman–Crippen MR) is 124 cm³/mol. The molecule has 1 aromatic carbocycles. The van der Waals surface area contributed by atoms with Crippen LogP contribution in [0, 0.1) is 0 Å². The molecule has 0 aliphatic heterocycles. The van der Waals surface area contributed by atoms with Gasteiger partial charge in [-0.25, -0.2) is 9.78 Å². The van der Waals surface area contributed by atoms with Gasteiger partial charge in [0.15, 0.2) is 0 Å². The Hall–Kier alpha value is -3.39. The van der Waals surface area contributed by atoms with Crippen LogP contribution in [0.15, 0.2) is 53.5 Å². The molecule has 168 valence electrons. The van der Waals surface area contributed by atoms with Gasteiger partial charge in [0.2, 0.25) is 0 Å². The Morgan fingerprint density at radius 1 is 1.19 bits per heavy atom. The van der Waals surface area contributed by atoms with Crippen LogP contribution in [0.1, 0.15) is 42.6 Å². The molecular formula is C24H26N2O5S. The van der Waals surface area contributed by atoms with Crippen LogP contribution in [0.2, 0.25) is 0 Å². The van der Waals surface area contributed by atoms with Crippen molar-refractivity contribution in [2.24, 2.45) is 0 Å². The topological polar surface area (TPSA) is 102 Å². The number of thiophene rings is 1. The molecular weight excluding hydrogens is 428 g/mol. The number of imidazole rings is 1. The highest BCUT2D eigenvalue weighted by Gasteiger charge is 2.15. The summed E-state index contributed by atoms with van der Waals surface area (Å²) in [6.45, 7) is 2.21. The number of aryl methyl sites for hydroxylation is 1. The summed E-state index contributed by atoms with van der Waals surface area (Å²) in [4.78, 5) is 28.1. The van der Waals surface area contributed by atoms with E-state index in [2.05, 4.69) is 11.9 Å². The van der Waals surface area contributed by atoms with E-state index in [-0.39, 0.29) is 13.0 Å². The highest BCUT2D eigenvalue weighted by molar-refractivity contribution is 7.09. The fourth-order valence-electron chi connectivity index (χ4n) is 3.23. The van der Waals surface area contributed by atoms with Gasteiger partial charge in [0.1, 0.15) is 11.6 Å². The summed E-state index contributed by atoms with van der Waals surface area (Å²) in [6, 6.07) is 11.1. The second-order valence-electron chi connectivity index (χ2n) is 7.26. The summed E-state index contributed by atoms with van der Waals surface area (Å²) >= 11 is 1.53. The Kier molecular flexibility index (Phi) is 8.21. The highest BCUT2D eigenvalue weighted by Crippen LogP contribution is 2.23. The molecule has 32 heavy (non-hydrogen) atoms. The Morgan fingerprint density at radius 3 is 2.59 bits per heavy atom. The van der Waals surface area contributed by atoms with Crippen molar-refractivity contribution in [2.45, 2.75) is 39.0 Å². The van der Waals surface area contributed by atoms with Crippen molar-refractivity contribution in [1.29, 1.82) is 0 Å². The van der Waals surface area contributed by atoms with Gasteiger partial charge in [-0.05, 0) is 48.2 Å². The summed E-state index contributed by atoms with van der Waals surface area (Å²) < 4.78 is 7.44. The minimum Gasteiger partial charge on any atom is -0.493 e. The smallest absolute Gasteiger partial charge is 0.332 e. The van der Waals surface area contributed by atoms with Gasteiger partial charge in [-0.2, -0.15) is 0 Å². The van der Waals surface area contributed by atoms with E-state index in [1.54, 1.807) is 24.4 Å². The molecule has 0 atom stereocenters. The molecule has 0 saturated carbocycles. The first-order chi connectivity index (χ1) is 15.5. The number of ether oxygens (including phenoxy) is 1. The molecule has 0 amide bonds. The van der Waals surface area contributed by atoms with Crippen molar-refractivity contribution in [2.75, 3.05) is 6.61 Å². The first-order valence-corrected chi connectivity index (χ1v) is 11.3. The van der Waals surface area contributed by atoms with Gasteiger partial charge in [0.25, 0.3) is 0 Å². The number of hydrogen-bond acceptors (Lipinski definition) is 5. The lowest BCUT2D eigenvalue weighted by atomic mass is 10.1. The van der Waals surface area contributed by atoms with Crippen molar-refractivity contribution < 1.29 is 24.5 Å². The van der Waals surface area contributed by atoms with Gasteiger partial charge in [-0.1, -0.05) is 19.4 Å². The van der Waals surface area contributed by atoms with E-state index in [4.69, 9.17) is 9.84 Å². The molecule has 0 unspecified atom stereocenters. The summed E-state index contributed by atoms with van der Waals surface area (Å²) in [6.07, 6.45) is 6.43. The van der Waals surface area contributed by atoms with Crippen LogP contribution < -0.4 is 4.74 Å². The lowest BCUT2D eigenvalue weighted by Gasteiger charge is -2.12. The second-order valence-corrected chi connectivity index (χ2v) is 8.29. The number of carboxylic acid groups (broad SMARTS) is 2. The van der Waals surface area contributed by atoms with Crippen molar-refractivity contribution in [1.82, 2.24) is 9.55 Å². The van der Waals surface area contributed by atoms with Gasteiger partial charge >= 0.3 is 11.9 Å². The summed E-state index contributed by atoms with van der Waals surface area (Å²) in [5, 5.41) is 20.4. The highest BCUT2D eigenvalue weighted by atomic mass is 32.1. The number of carbonyl (C=O) groups is 2. The number of benzene rings is 1. The minimum absolute atomic E-state index is 0.0679. The zero-order valence-electron chi connectivity index (χ0n) is 17.9. The molecule has 0 saturated heterocycles. The largest absolute Gasteiger partial charge is 0.493 e. The zero-order valence-corrected chi connectivity index (χ0v) is 18.7. The number of nitrogens with zero attached hydrogens (tertiary/aromatic N) is 2. The average Bonchev–Trinajstić information content (AvgIpc) is 3.42. The molecule has 2 N–H and O–H groups in total. The molecule has 8 heteroatoms. The van der Waals surface area contributed by atoms with Crippen LogP contribution in [0.3, 0.4) is 0 Å². The SMILES string of the molecule is CCCCc1ncc(/C=C(\Cc2cccs2)C(=O)O)n1-c1ccc(OCCC(=O)O)cc1. The maximum atomic E-state index is 11.9. The van der Waals surface area contributed by atoms with Gasteiger partial charge in [0, 0.05) is 29.0 Å². The Bertz CT molecular complexity index is 1070. The van der Waals surface area contributed by atoms with E-state index in [0.29, 0.717) is 23.4 Å². The van der Waals surface area contributed by atoms with Crippen LogP contribution in [0.25, 0.3) is 11.8 Å². The van der Waals surface area contributed by atoms with Crippen LogP contribution >= 0.6 is 11.3 Å². The third-order valence-corrected chi connectivity index (χ3v) is 5.71. The van der Waals surface area contributed by atoms with Gasteiger partial charge < -0.3 is 14.9 Å². The average molecular weight is 455 g/mol. The van der Waals surface area contributed by atoms with Crippen LogP contribution in [-0.4, -0.2) is 38.3 Å². The number of carboxylic acids is 2. The predicted octanol–water partition coefficient (Wildman–Crippen LogP) is 4.84. The maximum absolute atomic E-state index is 11.9. The quantitative estimate of drug-likeness (QED) is 0.380. The Labute approximate surface area is 190 Å². The van der Waals surface area contributed by atoms with E-state index in [1.165, 1.54) is 11.3 Å². The zero-order chi connectivity index (χ0) is 22.9. The first kappa shape index (κ1) is 23.3. The molecule has 0 spiro atoms. The molecule has 2 aromatic heterocycles. The molecule has 0 radical (unpaired) electrons. The maximum Gasteiger partial charge on any atom is 0.332 e. The van der Waals surface area contributed by atoms with Crippen LogP contribution in [0.4, 0.5) is 0 Å². The fourth-order valence-corrected chi connectivity index (χ4v) is 3.96. The number of rotatable bonds is 12. The summed E-state index contributed by atoms with van der Waals surface area (Å²) in [5.74, 6) is -0.429. The fraction of sp³-hybridized carbons (Fsp3) is 0.292. The van der Waals surface area contributed by atoms with Crippen molar-refractivity contribution >= 4 is 29.4 Å². The summed E-state index contributed by atoms with van der Waals surface area (Å²) in [5.41, 5.74) is 1.83. The molecule has 0 aliphatic rings. The standard InChI is InChI=1S/C24H26N2O5S/c1-2-3-6-22-25-16-19(14-17(24(29)30)15-21-5-4-13-32-21)26(22)18-7-9-20(10-8-18)31-12-11-23(27)28/h4-5,7-10,13-14,16H,2-3,6,11-12,15H2,1H3,(H,27,28)(H,29,30)/b17-14+. The minimum atomic E-state index is -0.955. The van der Waals surface area contributed by atoms with Crippen molar-refractivity contribution in [3.63, 3.8) is 0 Å².